The quantitative estimate of drug-likeness (QED) is 0.796. The molecule has 1 aromatic heterocycles. The molecule has 4 heteroatoms. The molecule has 68 valence electrons. The van der Waals surface area contributed by atoms with Gasteiger partial charge in [0, 0.05) is 4.83 Å². The Labute approximate surface area is 88.9 Å². The minimum Gasteiger partial charge on any atom is -0.375 e. The summed E-state index contributed by atoms with van der Waals surface area (Å²) in [5.41, 5.74) is 7.84. The van der Waals surface area contributed by atoms with E-state index in [9.17, 15) is 0 Å². The Balaban J connectivity index is 2.61. The Kier molecular flexibility index (Phi) is 2.26. The van der Waals surface area contributed by atoms with E-state index in [1.165, 1.54) is 16.9 Å². The lowest BCUT2D eigenvalue weighted by atomic mass is 10.2. The summed E-state index contributed by atoms with van der Waals surface area (Å²) in [5, 5.41) is 0.634. The zero-order valence-corrected chi connectivity index (χ0v) is 9.52. The third-order valence-electron chi connectivity index (χ3n) is 1.89. The zero-order chi connectivity index (χ0) is 9.42. The molecule has 2 aromatic rings. The molecule has 0 aliphatic carbocycles. The number of hydrogen-bond acceptors (Lipinski definition) is 3. The van der Waals surface area contributed by atoms with Crippen LogP contribution in [-0.2, 0) is 0 Å². The lowest BCUT2D eigenvalue weighted by molar-refractivity contribution is 1.13. The number of anilines is 1. The van der Waals surface area contributed by atoms with Crippen molar-refractivity contribution in [2.24, 2.45) is 0 Å². The van der Waals surface area contributed by atoms with Crippen LogP contribution in [0.1, 0.15) is 17.3 Å². The Bertz CT molecular complexity index is 436. The molecule has 1 heterocycles. The normalized spacial score (nSPS) is 13.4. The van der Waals surface area contributed by atoms with Crippen molar-refractivity contribution >= 4 is 42.6 Å². The van der Waals surface area contributed by atoms with Gasteiger partial charge in [-0.15, -0.1) is 0 Å². The second-order valence-corrected chi connectivity index (χ2v) is 5.33. The molecule has 1 atom stereocenters. The molecule has 2 N–H and O–H groups in total. The molecule has 0 saturated carbocycles. The molecule has 0 fully saturated rings. The van der Waals surface area contributed by atoms with Crippen LogP contribution >= 0.6 is 27.3 Å². The smallest absolute Gasteiger partial charge is 0.181 e. The molecule has 0 amide bonds. The van der Waals surface area contributed by atoms with Gasteiger partial charge in [0.1, 0.15) is 0 Å². The van der Waals surface area contributed by atoms with Crippen molar-refractivity contribution in [1.82, 2.24) is 4.98 Å². The number of nitrogens with two attached hydrogens (primary N) is 1. The summed E-state index contributed by atoms with van der Waals surface area (Å²) in [6, 6.07) is 6.23. The number of thiazole rings is 1. The number of nitrogens with zero attached hydrogens (tertiary/aromatic N) is 1. The lowest BCUT2D eigenvalue weighted by Crippen LogP contribution is -1.83. The molecular weight excluding hydrogens is 248 g/mol. The molecule has 1 aromatic carbocycles. The predicted octanol–water partition coefficient (Wildman–Crippen LogP) is 3.33. The fourth-order valence-electron chi connectivity index (χ4n) is 1.21. The van der Waals surface area contributed by atoms with Crippen LogP contribution in [0.2, 0.25) is 0 Å². The van der Waals surface area contributed by atoms with Gasteiger partial charge in [-0.2, -0.15) is 0 Å². The first-order chi connectivity index (χ1) is 6.16. The van der Waals surface area contributed by atoms with E-state index >= 15 is 0 Å². The summed E-state index contributed by atoms with van der Waals surface area (Å²) in [5.74, 6) is 0. The lowest BCUT2D eigenvalue weighted by Gasteiger charge is -2.01. The summed E-state index contributed by atoms with van der Waals surface area (Å²) < 4.78 is 1.15. The van der Waals surface area contributed by atoms with Gasteiger partial charge in [0.2, 0.25) is 0 Å². The highest BCUT2D eigenvalue weighted by molar-refractivity contribution is 9.09. The highest BCUT2D eigenvalue weighted by atomic mass is 79.9. The molecule has 0 spiro atoms. The molecule has 13 heavy (non-hydrogen) atoms. The van der Waals surface area contributed by atoms with Crippen molar-refractivity contribution in [3.63, 3.8) is 0 Å². The van der Waals surface area contributed by atoms with E-state index in [0.29, 0.717) is 9.96 Å². The maximum absolute atomic E-state index is 5.61. The summed E-state index contributed by atoms with van der Waals surface area (Å²) in [7, 11) is 0. The molecule has 0 aliphatic rings. The Morgan fingerprint density at radius 1 is 1.54 bits per heavy atom. The minimum absolute atomic E-state index is 0.361. The molecule has 0 aliphatic heterocycles. The first-order valence-corrected chi connectivity index (χ1v) is 5.70. The van der Waals surface area contributed by atoms with E-state index in [-0.39, 0.29) is 0 Å². The van der Waals surface area contributed by atoms with E-state index in [0.717, 1.165) is 10.2 Å². The topological polar surface area (TPSA) is 38.9 Å². The maximum Gasteiger partial charge on any atom is 0.181 e. The molecule has 0 saturated heterocycles. The number of benzene rings is 1. The van der Waals surface area contributed by atoms with E-state index in [1.54, 1.807) is 0 Å². The fourth-order valence-corrected chi connectivity index (χ4v) is 2.21. The van der Waals surface area contributed by atoms with E-state index < -0.39 is 0 Å². The van der Waals surface area contributed by atoms with Crippen LogP contribution < -0.4 is 5.73 Å². The number of alkyl halides is 1. The van der Waals surface area contributed by atoms with E-state index in [4.69, 9.17) is 5.73 Å². The molecule has 1 unspecified atom stereocenters. The fraction of sp³-hybridized carbons (Fsp3) is 0.222. The third-order valence-corrected chi connectivity index (χ3v) is 3.28. The van der Waals surface area contributed by atoms with Gasteiger partial charge in [-0.05, 0) is 24.6 Å². The molecule has 0 radical (unpaired) electrons. The van der Waals surface area contributed by atoms with Crippen molar-refractivity contribution < 1.29 is 0 Å². The standard InChI is InChI=1S/C9H9BrN2S/c1-5(10)6-2-3-8-7(4-6)12-9(11)13-8/h2-5H,1H3,(H2,11,12). The number of aromatic nitrogens is 1. The van der Waals surface area contributed by atoms with Crippen molar-refractivity contribution in [1.29, 1.82) is 0 Å². The summed E-state index contributed by atoms with van der Waals surface area (Å²) in [4.78, 5) is 4.59. The monoisotopic (exact) mass is 256 g/mol. The van der Waals surface area contributed by atoms with Crippen LogP contribution in [0.5, 0.6) is 0 Å². The van der Waals surface area contributed by atoms with Crippen LogP contribution in [0, 0.1) is 0 Å². The summed E-state index contributed by atoms with van der Waals surface area (Å²) in [6.07, 6.45) is 0. The summed E-state index contributed by atoms with van der Waals surface area (Å²) in [6.45, 7) is 2.09. The predicted molar refractivity (Wildman–Crippen MR) is 61.4 cm³/mol. The van der Waals surface area contributed by atoms with Gasteiger partial charge in [0.25, 0.3) is 0 Å². The molecule has 2 nitrogen and oxygen atoms in total. The third kappa shape index (κ3) is 1.69. The Morgan fingerprint density at radius 2 is 2.31 bits per heavy atom. The Hall–Kier alpha value is -0.610. The highest BCUT2D eigenvalue weighted by Gasteiger charge is 2.04. The second-order valence-electron chi connectivity index (χ2n) is 2.90. The van der Waals surface area contributed by atoms with E-state index in [2.05, 4.69) is 46.0 Å². The van der Waals surface area contributed by atoms with Crippen LogP contribution in [0.25, 0.3) is 10.2 Å². The van der Waals surface area contributed by atoms with Gasteiger partial charge in [-0.25, -0.2) is 4.98 Å². The van der Waals surface area contributed by atoms with Crippen LogP contribution in [0.15, 0.2) is 18.2 Å². The zero-order valence-electron chi connectivity index (χ0n) is 7.12. The molecule has 0 bridgehead atoms. The molecule has 2 rings (SSSR count). The number of halogens is 1. The second kappa shape index (κ2) is 3.27. The van der Waals surface area contributed by atoms with Gasteiger partial charge in [-0.3, -0.25) is 0 Å². The van der Waals surface area contributed by atoms with Crippen LogP contribution in [0.3, 0.4) is 0 Å². The van der Waals surface area contributed by atoms with Crippen LogP contribution in [-0.4, -0.2) is 4.98 Å². The number of hydrogen-bond donors (Lipinski definition) is 1. The largest absolute Gasteiger partial charge is 0.375 e. The summed E-state index contributed by atoms with van der Waals surface area (Å²) >= 11 is 5.04. The number of nitrogen functional groups attached to an aromatic ring is 1. The van der Waals surface area contributed by atoms with Gasteiger partial charge in [-0.1, -0.05) is 33.3 Å². The highest BCUT2D eigenvalue weighted by Crippen LogP contribution is 2.29. The number of rotatable bonds is 1. The van der Waals surface area contributed by atoms with Gasteiger partial charge in [0.05, 0.1) is 10.2 Å². The van der Waals surface area contributed by atoms with Crippen molar-refractivity contribution in [2.45, 2.75) is 11.8 Å². The van der Waals surface area contributed by atoms with Crippen molar-refractivity contribution in [2.75, 3.05) is 5.73 Å². The first kappa shape index (κ1) is 8.97. The van der Waals surface area contributed by atoms with Crippen molar-refractivity contribution in [3.05, 3.63) is 23.8 Å². The van der Waals surface area contributed by atoms with E-state index in [1.807, 2.05) is 0 Å². The maximum atomic E-state index is 5.61. The number of fused-ring (bicyclic) bond motifs is 1. The van der Waals surface area contributed by atoms with Crippen LogP contribution in [0.4, 0.5) is 5.13 Å². The van der Waals surface area contributed by atoms with Gasteiger partial charge in [0.15, 0.2) is 5.13 Å². The first-order valence-electron chi connectivity index (χ1n) is 3.97. The average molecular weight is 257 g/mol. The van der Waals surface area contributed by atoms with Crippen molar-refractivity contribution in [3.8, 4) is 0 Å². The SMILES string of the molecule is CC(Br)c1ccc2sc(N)nc2c1. The van der Waals surface area contributed by atoms with Gasteiger partial charge < -0.3 is 5.73 Å². The molecular formula is C9H9BrN2S. The minimum atomic E-state index is 0.361. The Morgan fingerprint density at radius 3 is 3.00 bits per heavy atom. The van der Waals surface area contributed by atoms with Gasteiger partial charge >= 0.3 is 0 Å². The average Bonchev–Trinajstić information content (AvgIpc) is 2.42.